The fourth-order valence-electron chi connectivity index (χ4n) is 5.48. The van der Waals surface area contributed by atoms with Crippen molar-refractivity contribution in [2.24, 2.45) is 11.8 Å². The van der Waals surface area contributed by atoms with Crippen molar-refractivity contribution >= 4 is 0 Å². The molecule has 1 aromatic rings. The SMILES string of the molecule is CCCCc1ccc(C2CCC(COC3CCC(CCC=CC=C(F)C#N)CC3)CC2)cc1. The van der Waals surface area contributed by atoms with Crippen LogP contribution in [0.25, 0.3) is 0 Å². The first-order valence-electron chi connectivity index (χ1n) is 13.3. The van der Waals surface area contributed by atoms with Crippen molar-refractivity contribution < 1.29 is 9.13 Å². The summed E-state index contributed by atoms with van der Waals surface area (Å²) in [7, 11) is 0. The fourth-order valence-corrected chi connectivity index (χ4v) is 5.48. The molecule has 180 valence electrons. The van der Waals surface area contributed by atoms with Crippen LogP contribution in [0.1, 0.15) is 101 Å². The molecule has 0 spiro atoms. The summed E-state index contributed by atoms with van der Waals surface area (Å²) in [4.78, 5) is 0. The maximum Gasteiger partial charge on any atom is 0.199 e. The predicted octanol–water partition coefficient (Wildman–Crippen LogP) is 8.59. The molecule has 2 nitrogen and oxygen atoms in total. The molecule has 0 atom stereocenters. The highest BCUT2D eigenvalue weighted by molar-refractivity contribution is 5.26. The molecule has 0 saturated heterocycles. The largest absolute Gasteiger partial charge is 0.378 e. The lowest BCUT2D eigenvalue weighted by atomic mass is 9.78. The van der Waals surface area contributed by atoms with E-state index in [1.165, 1.54) is 93.9 Å². The van der Waals surface area contributed by atoms with E-state index in [-0.39, 0.29) is 0 Å². The van der Waals surface area contributed by atoms with E-state index in [9.17, 15) is 4.39 Å². The average Bonchev–Trinajstić information content (AvgIpc) is 2.87. The molecular weight excluding hydrogens is 409 g/mol. The molecule has 0 radical (unpaired) electrons. The van der Waals surface area contributed by atoms with Crippen LogP contribution in [0.3, 0.4) is 0 Å². The molecule has 0 N–H and O–H groups in total. The van der Waals surface area contributed by atoms with E-state index in [0.29, 0.717) is 6.10 Å². The maximum absolute atomic E-state index is 12.7. The van der Waals surface area contributed by atoms with Crippen LogP contribution in [0.4, 0.5) is 4.39 Å². The molecule has 2 aliphatic carbocycles. The molecular formula is C30H42FNO. The summed E-state index contributed by atoms with van der Waals surface area (Å²) >= 11 is 0. The third-order valence-corrected chi connectivity index (χ3v) is 7.71. The minimum atomic E-state index is -0.728. The normalized spacial score (nSPS) is 26.4. The van der Waals surface area contributed by atoms with Crippen molar-refractivity contribution in [2.75, 3.05) is 6.61 Å². The van der Waals surface area contributed by atoms with Crippen molar-refractivity contribution in [2.45, 2.75) is 102 Å². The Morgan fingerprint density at radius 3 is 2.39 bits per heavy atom. The first kappa shape index (κ1) is 25.7. The number of hydrogen-bond acceptors (Lipinski definition) is 2. The van der Waals surface area contributed by atoms with Gasteiger partial charge < -0.3 is 4.74 Å². The fraction of sp³-hybridized carbons (Fsp3) is 0.633. The Morgan fingerprint density at radius 2 is 1.73 bits per heavy atom. The zero-order valence-corrected chi connectivity index (χ0v) is 20.5. The Morgan fingerprint density at radius 1 is 1.03 bits per heavy atom. The molecule has 0 aliphatic heterocycles. The highest BCUT2D eigenvalue weighted by atomic mass is 19.1. The maximum atomic E-state index is 12.7. The van der Waals surface area contributed by atoms with Crippen LogP contribution in [0, 0.1) is 23.2 Å². The number of hydrogen-bond donors (Lipinski definition) is 0. The molecule has 0 unspecified atom stereocenters. The van der Waals surface area contributed by atoms with Gasteiger partial charge in [-0.05, 0) is 112 Å². The van der Waals surface area contributed by atoms with E-state index in [1.807, 2.05) is 6.08 Å². The molecule has 0 bridgehead atoms. The van der Waals surface area contributed by atoms with Gasteiger partial charge in [0.25, 0.3) is 0 Å². The van der Waals surface area contributed by atoms with E-state index < -0.39 is 5.83 Å². The van der Waals surface area contributed by atoms with E-state index in [2.05, 4.69) is 31.2 Å². The molecule has 2 fully saturated rings. The van der Waals surface area contributed by atoms with Gasteiger partial charge in [0.15, 0.2) is 5.83 Å². The van der Waals surface area contributed by atoms with Gasteiger partial charge in [-0.2, -0.15) is 9.65 Å². The first-order chi connectivity index (χ1) is 16.2. The lowest BCUT2D eigenvalue weighted by molar-refractivity contribution is -0.00824. The lowest BCUT2D eigenvalue weighted by Gasteiger charge is -2.32. The lowest BCUT2D eigenvalue weighted by Crippen LogP contribution is -2.25. The topological polar surface area (TPSA) is 33.0 Å². The van der Waals surface area contributed by atoms with Crippen LogP contribution in [-0.2, 0) is 11.2 Å². The molecule has 2 saturated carbocycles. The number of aryl methyl sites for hydroxylation is 1. The van der Waals surface area contributed by atoms with Crippen molar-refractivity contribution in [3.63, 3.8) is 0 Å². The van der Waals surface area contributed by atoms with Crippen LogP contribution in [0.15, 0.2) is 48.3 Å². The number of nitrogens with zero attached hydrogens (tertiary/aromatic N) is 1. The number of nitriles is 1. The van der Waals surface area contributed by atoms with Gasteiger partial charge in [-0.1, -0.05) is 49.8 Å². The zero-order chi connectivity index (χ0) is 23.3. The quantitative estimate of drug-likeness (QED) is 0.249. The monoisotopic (exact) mass is 451 g/mol. The Kier molecular flexibility index (Phi) is 11.2. The van der Waals surface area contributed by atoms with Gasteiger partial charge in [-0.3, -0.25) is 0 Å². The van der Waals surface area contributed by atoms with E-state index in [0.717, 1.165) is 37.2 Å². The number of allylic oxidation sites excluding steroid dienone is 4. The molecule has 0 heterocycles. The number of ether oxygens (including phenoxy) is 1. The highest BCUT2D eigenvalue weighted by Gasteiger charge is 2.25. The number of unbranched alkanes of at least 4 members (excludes halogenated alkanes) is 1. The Bertz CT molecular complexity index is 775. The Balaban J connectivity index is 1.27. The van der Waals surface area contributed by atoms with Crippen LogP contribution < -0.4 is 0 Å². The zero-order valence-electron chi connectivity index (χ0n) is 20.5. The second kappa shape index (κ2) is 14.4. The standard InChI is InChI=1S/C30H42FNO/c1-2-3-7-24-10-16-27(17-11-24)28-18-12-26(13-19-28)23-33-30-20-14-25(15-21-30)8-5-4-6-9-29(31)22-32/h4,6,9-11,16-17,25-26,28,30H,2-3,5,7-8,12-15,18-21,23H2,1H3. The summed E-state index contributed by atoms with van der Waals surface area (Å²) in [6, 6.07) is 10.9. The minimum absolute atomic E-state index is 0.442. The molecule has 1 aromatic carbocycles. The van der Waals surface area contributed by atoms with Gasteiger partial charge in [-0.15, -0.1) is 0 Å². The summed E-state index contributed by atoms with van der Waals surface area (Å²) in [5.41, 5.74) is 3.02. The first-order valence-corrected chi connectivity index (χ1v) is 13.3. The van der Waals surface area contributed by atoms with Gasteiger partial charge in [0.1, 0.15) is 6.07 Å². The van der Waals surface area contributed by atoms with Gasteiger partial charge >= 0.3 is 0 Å². The number of rotatable bonds is 11. The second-order valence-electron chi connectivity index (χ2n) is 10.2. The van der Waals surface area contributed by atoms with Gasteiger partial charge in [0, 0.05) is 6.61 Å². The van der Waals surface area contributed by atoms with Crippen LogP contribution in [0.5, 0.6) is 0 Å². The van der Waals surface area contributed by atoms with Crippen molar-refractivity contribution in [3.8, 4) is 6.07 Å². The van der Waals surface area contributed by atoms with E-state index in [4.69, 9.17) is 10.00 Å². The van der Waals surface area contributed by atoms with Gasteiger partial charge in [0.05, 0.1) is 6.10 Å². The van der Waals surface area contributed by atoms with E-state index >= 15 is 0 Å². The molecule has 2 aliphatic rings. The van der Waals surface area contributed by atoms with Crippen molar-refractivity contribution in [3.05, 3.63) is 59.4 Å². The third-order valence-electron chi connectivity index (χ3n) is 7.71. The number of benzene rings is 1. The smallest absolute Gasteiger partial charge is 0.199 e. The Labute approximate surface area is 200 Å². The molecule has 33 heavy (non-hydrogen) atoms. The summed E-state index contributed by atoms with van der Waals surface area (Å²) in [6.07, 6.45) is 21.2. The van der Waals surface area contributed by atoms with Crippen molar-refractivity contribution in [1.82, 2.24) is 0 Å². The summed E-state index contributed by atoms with van der Waals surface area (Å²) in [5, 5.41) is 8.40. The van der Waals surface area contributed by atoms with Crippen LogP contribution >= 0.6 is 0 Å². The van der Waals surface area contributed by atoms with Crippen LogP contribution in [-0.4, -0.2) is 12.7 Å². The molecule has 0 aromatic heterocycles. The predicted molar refractivity (Wildman–Crippen MR) is 135 cm³/mol. The molecule has 3 rings (SSSR count). The Hall–Kier alpha value is -1.92. The van der Waals surface area contributed by atoms with Crippen LogP contribution in [0.2, 0.25) is 0 Å². The third kappa shape index (κ3) is 9.09. The number of halogens is 1. The van der Waals surface area contributed by atoms with Gasteiger partial charge in [0.2, 0.25) is 0 Å². The summed E-state index contributed by atoms with van der Waals surface area (Å²) in [6.45, 7) is 3.20. The molecule has 3 heteroatoms. The minimum Gasteiger partial charge on any atom is -0.378 e. The summed E-state index contributed by atoms with van der Waals surface area (Å²) in [5.74, 6) is 1.49. The second-order valence-corrected chi connectivity index (χ2v) is 10.2. The van der Waals surface area contributed by atoms with E-state index in [1.54, 1.807) is 6.08 Å². The molecule has 0 amide bonds. The highest BCUT2D eigenvalue weighted by Crippen LogP contribution is 2.37. The summed E-state index contributed by atoms with van der Waals surface area (Å²) < 4.78 is 19.1. The average molecular weight is 452 g/mol. The van der Waals surface area contributed by atoms with Crippen molar-refractivity contribution in [1.29, 1.82) is 5.26 Å². The van der Waals surface area contributed by atoms with Gasteiger partial charge in [-0.25, -0.2) is 0 Å².